The van der Waals surface area contributed by atoms with Crippen molar-refractivity contribution in [1.82, 2.24) is 9.97 Å². The zero-order valence-corrected chi connectivity index (χ0v) is 13.3. The van der Waals surface area contributed by atoms with Crippen LogP contribution in [0.5, 0.6) is 0 Å². The lowest BCUT2D eigenvalue weighted by Gasteiger charge is -2.11. The Bertz CT molecular complexity index is 955. The van der Waals surface area contributed by atoms with E-state index in [-0.39, 0.29) is 5.82 Å². The second kappa shape index (κ2) is 6.02. The number of nitrogens with one attached hydrogen (secondary N) is 1. The second-order valence-corrected chi connectivity index (χ2v) is 5.81. The van der Waals surface area contributed by atoms with Crippen LogP contribution in [0.2, 0.25) is 5.02 Å². The van der Waals surface area contributed by atoms with Gasteiger partial charge in [0.1, 0.15) is 5.82 Å². The molecule has 3 heterocycles. The van der Waals surface area contributed by atoms with Crippen LogP contribution >= 0.6 is 11.6 Å². The van der Waals surface area contributed by atoms with Gasteiger partial charge in [0.2, 0.25) is 0 Å². The van der Waals surface area contributed by atoms with E-state index in [0.29, 0.717) is 22.8 Å². The summed E-state index contributed by atoms with van der Waals surface area (Å²) in [5.41, 5.74) is 4.54. The van der Waals surface area contributed by atoms with Crippen LogP contribution in [0.4, 0.5) is 15.8 Å². The third-order valence-corrected chi connectivity index (χ3v) is 4.03. The van der Waals surface area contributed by atoms with Gasteiger partial charge >= 0.3 is 0 Å². The van der Waals surface area contributed by atoms with E-state index in [0.717, 1.165) is 22.6 Å². The summed E-state index contributed by atoms with van der Waals surface area (Å²) >= 11 is 5.97. The number of aromatic nitrogens is 2. The Labute approximate surface area is 143 Å². The van der Waals surface area contributed by atoms with Gasteiger partial charge in [0.25, 0.3) is 0 Å². The molecule has 0 bridgehead atoms. The first-order valence-corrected chi connectivity index (χ1v) is 7.75. The van der Waals surface area contributed by atoms with Crippen LogP contribution in [0.1, 0.15) is 11.3 Å². The largest absolute Gasteiger partial charge is 0.355 e. The molecule has 1 N–H and O–H groups in total. The Morgan fingerprint density at radius 1 is 1.04 bits per heavy atom. The van der Waals surface area contributed by atoms with Gasteiger partial charge in [-0.1, -0.05) is 11.6 Å². The molecule has 4 rings (SSSR count). The van der Waals surface area contributed by atoms with Gasteiger partial charge in [-0.2, -0.15) is 0 Å². The molecule has 3 aromatic rings. The van der Waals surface area contributed by atoms with Gasteiger partial charge in [0.15, 0.2) is 0 Å². The molecular weight excluding hydrogens is 327 g/mol. The van der Waals surface area contributed by atoms with Gasteiger partial charge in [-0.15, -0.1) is 0 Å². The number of aliphatic imine (C=N–C) groups is 1. The first kappa shape index (κ1) is 14.8. The molecule has 4 nitrogen and oxygen atoms in total. The molecule has 0 fully saturated rings. The summed E-state index contributed by atoms with van der Waals surface area (Å²) in [5.74, 6) is -0.359. The predicted octanol–water partition coefficient (Wildman–Crippen LogP) is 4.61. The Balaban J connectivity index is 1.69. The van der Waals surface area contributed by atoms with Crippen molar-refractivity contribution in [2.75, 3.05) is 5.32 Å². The van der Waals surface area contributed by atoms with Crippen LogP contribution in [-0.4, -0.2) is 16.2 Å². The highest BCUT2D eigenvalue weighted by atomic mass is 35.5. The summed E-state index contributed by atoms with van der Waals surface area (Å²) in [6.45, 7) is 0.604. The number of nitrogens with zero attached hydrogens (tertiary/aromatic N) is 3. The van der Waals surface area contributed by atoms with Gasteiger partial charge < -0.3 is 5.32 Å². The smallest absolute Gasteiger partial charge is 0.132 e. The molecule has 0 saturated carbocycles. The summed E-state index contributed by atoms with van der Waals surface area (Å²) in [5, 5.41) is 3.80. The van der Waals surface area contributed by atoms with Crippen molar-refractivity contribution < 1.29 is 4.39 Å². The van der Waals surface area contributed by atoms with Crippen LogP contribution < -0.4 is 5.32 Å². The minimum Gasteiger partial charge on any atom is -0.355 e. The lowest BCUT2D eigenvalue weighted by atomic mass is 10.1. The number of fused-ring (bicyclic) bond motifs is 1. The fraction of sp³-hybridized carbons (Fsp3) is 0.0556. The molecule has 118 valence electrons. The second-order valence-electron chi connectivity index (χ2n) is 5.37. The first-order chi connectivity index (χ1) is 11.7. The van der Waals surface area contributed by atoms with Gasteiger partial charge in [0.05, 0.1) is 17.9 Å². The summed E-state index contributed by atoms with van der Waals surface area (Å²) in [6, 6.07) is 9.94. The predicted molar refractivity (Wildman–Crippen MR) is 93.5 cm³/mol. The molecule has 2 aromatic heterocycles. The monoisotopic (exact) mass is 338 g/mol. The molecular formula is C18H12ClFN4. The molecule has 1 aromatic carbocycles. The van der Waals surface area contributed by atoms with Gasteiger partial charge in [0, 0.05) is 46.1 Å². The van der Waals surface area contributed by atoms with E-state index in [2.05, 4.69) is 20.3 Å². The maximum atomic E-state index is 14.0. The quantitative estimate of drug-likeness (QED) is 0.758. The fourth-order valence-electron chi connectivity index (χ4n) is 2.63. The lowest BCUT2D eigenvalue weighted by molar-refractivity contribution is 0.631. The highest BCUT2D eigenvalue weighted by Crippen LogP contribution is 2.29. The first-order valence-electron chi connectivity index (χ1n) is 7.37. The van der Waals surface area contributed by atoms with Gasteiger partial charge in [-0.25, -0.2) is 4.39 Å². The van der Waals surface area contributed by atoms with Crippen molar-refractivity contribution in [3.05, 3.63) is 70.9 Å². The van der Waals surface area contributed by atoms with Crippen molar-refractivity contribution >= 4 is 29.2 Å². The average Bonchev–Trinajstić information content (AvgIpc) is 3.07. The summed E-state index contributed by atoms with van der Waals surface area (Å²) in [7, 11) is 0. The van der Waals surface area contributed by atoms with Crippen LogP contribution in [-0.2, 0) is 6.54 Å². The molecule has 6 heteroatoms. The molecule has 24 heavy (non-hydrogen) atoms. The number of anilines is 2. The number of halogens is 2. The van der Waals surface area contributed by atoms with Crippen molar-refractivity contribution in [2.24, 2.45) is 4.99 Å². The number of rotatable bonds is 3. The highest BCUT2D eigenvalue weighted by Gasteiger charge is 2.13. The Hall–Kier alpha value is -2.79. The molecule has 1 aliphatic rings. The molecule has 0 saturated heterocycles. The SMILES string of the molecule is Fc1ccc(Cl)cc1-c1cc(Nc2ccnc3c2CN=C3)ccn1. The number of hydrogen-bond acceptors (Lipinski definition) is 4. The van der Waals surface area contributed by atoms with E-state index in [9.17, 15) is 4.39 Å². The highest BCUT2D eigenvalue weighted by molar-refractivity contribution is 6.30. The fourth-order valence-corrected chi connectivity index (χ4v) is 2.80. The van der Waals surface area contributed by atoms with Crippen molar-refractivity contribution in [1.29, 1.82) is 0 Å². The van der Waals surface area contributed by atoms with Crippen molar-refractivity contribution in [3.63, 3.8) is 0 Å². The minimum atomic E-state index is -0.359. The maximum Gasteiger partial charge on any atom is 0.132 e. The van der Waals surface area contributed by atoms with Crippen LogP contribution in [0, 0.1) is 5.82 Å². The van der Waals surface area contributed by atoms with Crippen LogP contribution in [0.3, 0.4) is 0 Å². The molecule has 0 radical (unpaired) electrons. The molecule has 0 unspecified atom stereocenters. The van der Waals surface area contributed by atoms with Crippen molar-refractivity contribution in [3.8, 4) is 11.3 Å². The number of pyridine rings is 2. The van der Waals surface area contributed by atoms with E-state index < -0.39 is 0 Å². The zero-order valence-electron chi connectivity index (χ0n) is 12.5. The van der Waals surface area contributed by atoms with E-state index in [1.165, 1.54) is 12.1 Å². The van der Waals surface area contributed by atoms with Gasteiger partial charge in [-0.3, -0.25) is 15.0 Å². The molecule has 0 aliphatic carbocycles. The Morgan fingerprint density at radius 2 is 1.92 bits per heavy atom. The Kier molecular flexibility index (Phi) is 3.70. The van der Waals surface area contributed by atoms with Crippen LogP contribution in [0.15, 0.2) is 53.8 Å². The summed E-state index contributed by atoms with van der Waals surface area (Å²) < 4.78 is 14.0. The Morgan fingerprint density at radius 3 is 2.83 bits per heavy atom. The molecule has 0 amide bonds. The average molecular weight is 339 g/mol. The van der Waals surface area contributed by atoms with E-state index >= 15 is 0 Å². The van der Waals surface area contributed by atoms with Crippen LogP contribution in [0.25, 0.3) is 11.3 Å². The maximum absolute atomic E-state index is 14.0. The summed E-state index contributed by atoms with van der Waals surface area (Å²) in [4.78, 5) is 12.8. The third kappa shape index (κ3) is 2.74. The number of hydrogen-bond donors (Lipinski definition) is 1. The molecule has 1 aliphatic heterocycles. The third-order valence-electron chi connectivity index (χ3n) is 3.80. The van der Waals surface area contributed by atoms with E-state index in [4.69, 9.17) is 11.6 Å². The van der Waals surface area contributed by atoms with Gasteiger partial charge in [-0.05, 0) is 36.4 Å². The van der Waals surface area contributed by atoms with Crippen molar-refractivity contribution in [2.45, 2.75) is 6.54 Å². The van der Waals surface area contributed by atoms with E-state index in [1.807, 2.05) is 12.1 Å². The standard InChI is InChI=1S/C18H12ClFN4/c19-11-1-2-15(20)13(7-11)17-8-12(3-5-22-17)24-16-4-6-23-18-10-21-9-14(16)18/h1-8,10H,9H2,(H,22,23,24). The molecule has 0 atom stereocenters. The summed E-state index contributed by atoms with van der Waals surface area (Å²) in [6.07, 6.45) is 5.13. The number of benzene rings is 1. The molecule has 0 spiro atoms. The van der Waals surface area contributed by atoms with E-state index in [1.54, 1.807) is 30.7 Å². The minimum absolute atomic E-state index is 0.359. The zero-order chi connectivity index (χ0) is 16.5. The normalized spacial score (nSPS) is 12.2. The lowest BCUT2D eigenvalue weighted by Crippen LogP contribution is -1.99. The topological polar surface area (TPSA) is 50.2 Å².